The number of carbonyl (C=O) groups excluding carboxylic acids is 2. The van der Waals surface area contributed by atoms with Crippen molar-refractivity contribution >= 4 is 39.8 Å². The number of hydrogen-bond donors (Lipinski definition) is 1. The van der Waals surface area contributed by atoms with E-state index in [4.69, 9.17) is 21.1 Å². The molecule has 1 N–H and O–H groups in total. The number of benzene rings is 1. The Morgan fingerprint density at radius 2 is 1.89 bits per heavy atom. The molecule has 0 saturated heterocycles. The average Bonchev–Trinajstić information content (AvgIpc) is 2.86. The molecule has 0 spiro atoms. The van der Waals surface area contributed by atoms with Gasteiger partial charge in [-0.1, -0.05) is 24.9 Å². The standard InChI is InChI=1S/C21H24ClNO4S/c1-2-12-26-21(25)19-16-6-4-3-5-7-17(16)28-20(19)23-18(24)13-27-15-10-8-14(22)9-11-15/h8-11H,2-7,12-13H2,1H3,(H,23,24). The number of rotatable bonds is 7. The Morgan fingerprint density at radius 1 is 1.14 bits per heavy atom. The number of anilines is 1. The van der Waals surface area contributed by atoms with Gasteiger partial charge in [-0.25, -0.2) is 4.79 Å². The van der Waals surface area contributed by atoms with E-state index in [1.54, 1.807) is 24.3 Å². The number of ether oxygens (including phenoxy) is 2. The van der Waals surface area contributed by atoms with E-state index in [2.05, 4.69) is 5.32 Å². The summed E-state index contributed by atoms with van der Waals surface area (Å²) in [6, 6.07) is 6.81. The molecule has 1 amide bonds. The smallest absolute Gasteiger partial charge is 0.341 e. The Bertz CT molecular complexity index is 832. The maximum Gasteiger partial charge on any atom is 0.341 e. The molecule has 0 fully saturated rings. The number of aryl methyl sites for hydroxylation is 1. The van der Waals surface area contributed by atoms with Crippen molar-refractivity contribution in [1.82, 2.24) is 0 Å². The van der Waals surface area contributed by atoms with Crippen LogP contribution in [0.1, 0.15) is 53.4 Å². The van der Waals surface area contributed by atoms with Crippen molar-refractivity contribution in [2.45, 2.75) is 45.4 Å². The van der Waals surface area contributed by atoms with Crippen LogP contribution in [0.4, 0.5) is 5.00 Å². The third-order valence-electron chi connectivity index (χ3n) is 4.50. The predicted octanol–water partition coefficient (Wildman–Crippen LogP) is 5.25. The predicted molar refractivity (Wildman–Crippen MR) is 112 cm³/mol. The number of carbonyl (C=O) groups is 2. The molecule has 0 atom stereocenters. The van der Waals surface area contributed by atoms with Crippen molar-refractivity contribution in [2.24, 2.45) is 0 Å². The summed E-state index contributed by atoms with van der Waals surface area (Å²) in [6.07, 6.45) is 5.84. The largest absolute Gasteiger partial charge is 0.484 e. The fourth-order valence-electron chi connectivity index (χ4n) is 3.16. The minimum Gasteiger partial charge on any atom is -0.484 e. The summed E-state index contributed by atoms with van der Waals surface area (Å²) in [7, 11) is 0. The minimum atomic E-state index is -0.352. The van der Waals surface area contributed by atoms with Crippen molar-refractivity contribution in [3.8, 4) is 5.75 Å². The highest BCUT2D eigenvalue weighted by Crippen LogP contribution is 2.38. The molecule has 3 rings (SSSR count). The fourth-order valence-corrected chi connectivity index (χ4v) is 4.58. The van der Waals surface area contributed by atoms with E-state index in [1.165, 1.54) is 16.2 Å². The highest BCUT2D eigenvalue weighted by atomic mass is 35.5. The van der Waals surface area contributed by atoms with Gasteiger partial charge < -0.3 is 14.8 Å². The average molecular weight is 422 g/mol. The van der Waals surface area contributed by atoms with Gasteiger partial charge in [-0.05, 0) is 61.9 Å². The molecule has 2 aromatic rings. The summed E-state index contributed by atoms with van der Waals surface area (Å²) in [5, 5.41) is 4.03. The van der Waals surface area contributed by atoms with Crippen molar-refractivity contribution in [3.63, 3.8) is 0 Å². The maximum absolute atomic E-state index is 12.7. The second-order valence-corrected chi connectivity index (χ2v) is 8.24. The quantitative estimate of drug-likeness (QED) is 0.489. The van der Waals surface area contributed by atoms with Crippen molar-refractivity contribution in [1.29, 1.82) is 0 Å². The van der Waals surface area contributed by atoms with Gasteiger partial charge in [0.2, 0.25) is 0 Å². The van der Waals surface area contributed by atoms with E-state index < -0.39 is 0 Å². The van der Waals surface area contributed by atoms with Crippen LogP contribution >= 0.6 is 22.9 Å². The van der Waals surface area contributed by atoms with Gasteiger partial charge in [0.05, 0.1) is 12.2 Å². The van der Waals surface area contributed by atoms with Crippen LogP contribution in [0.5, 0.6) is 5.75 Å². The first-order valence-electron chi connectivity index (χ1n) is 9.58. The van der Waals surface area contributed by atoms with Crippen molar-refractivity contribution < 1.29 is 19.1 Å². The Kier molecular flexibility index (Phi) is 7.34. The Morgan fingerprint density at radius 3 is 2.64 bits per heavy atom. The molecule has 5 nitrogen and oxygen atoms in total. The van der Waals surface area contributed by atoms with Crippen LogP contribution in [0, 0.1) is 0 Å². The van der Waals surface area contributed by atoms with E-state index in [9.17, 15) is 9.59 Å². The lowest BCUT2D eigenvalue weighted by Crippen LogP contribution is -2.21. The number of fused-ring (bicyclic) bond motifs is 1. The molecule has 0 radical (unpaired) electrons. The molecule has 0 saturated carbocycles. The zero-order valence-electron chi connectivity index (χ0n) is 15.9. The van der Waals surface area contributed by atoms with E-state index >= 15 is 0 Å². The zero-order valence-corrected chi connectivity index (χ0v) is 17.5. The van der Waals surface area contributed by atoms with Gasteiger partial charge in [-0.15, -0.1) is 11.3 Å². The lowest BCUT2D eigenvalue weighted by Gasteiger charge is -2.10. The van der Waals surface area contributed by atoms with Gasteiger partial charge >= 0.3 is 5.97 Å². The van der Waals surface area contributed by atoms with Crippen LogP contribution in [0.25, 0.3) is 0 Å². The van der Waals surface area contributed by atoms with Crippen LogP contribution in [0.3, 0.4) is 0 Å². The SMILES string of the molecule is CCCOC(=O)c1c(NC(=O)COc2ccc(Cl)cc2)sc2c1CCCCC2. The van der Waals surface area contributed by atoms with Crippen molar-refractivity contribution in [2.75, 3.05) is 18.5 Å². The van der Waals surface area contributed by atoms with Crippen molar-refractivity contribution in [3.05, 3.63) is 45.3 Å². The van der Waals surface area contributed by atoms with Gasteiger partial charge in [0.1, 0.15) is 10.8 Å². The lowest BCUT2D eigenvalue weighted by atomic mass is 10.1. The van der Waals surface area contributed by atoms with Crippen LogP contribution in [0.2, 0.25) is 5.02 Å². The third-order valence-corrected chi connectivity index (χ3v) is 5.96. The zero-order chi connectivity index (χ0) is 19.9. The van der Waals surface area contributed by atoms with Gasteiger partial charge in [0, 0.05) is 9.90 Å². The molecule has 0 aliphatic heterocycles. The van der Waals surface area contributed by atoms with Crippen LogP contribution in [0.15, 0.2) is 24.3 Å². The summed E-state index contributed by atoms with van der Waals surface area (Å²) in [4.78, 5) is 26.2. The summed E-state index contributed by atoms with van der Waals surface area (Å²) < 4.78 is 10.9. The molecule has 1 heterocycles. The fraction of sp³-hybridized carbons (Fsp3) is 0.429. The number of amides is 1. The molecule has 1 aromatic heterocycles. The van der Waals surface area contributed by atoms with Gasteiger partial charge in [0.15, 0.2) is 6.61 Å². The minimum absolute atomic E-state index is 0.145. The topological polar surface area (TPSA) is 64.6 Å². The first-order valence-corrected chi connectivity index (χ1v) is 10.8. The highest BCUT2D eigenvalue weighted by Gasteiger charge is 2.26. The summed E-state index contributed by atoms with van der Waals surface area (Å²) in [5.74, 6) is -0.102. The summed E-state index contributed by atoms with van der Waals surface area (Å²) in [6.45, 7) is 2.18. The molecule has 7 heteroatoms. The maximum atomic E-state index is 12.7. The number of thiophene rings is 1. The Hall–Kier alpha value is -2.05. The monoisotopic (exact) mass is 421 g/mol. The van der Waals surface area contributed by atoms with Crippen LogP contribution in [-0.2, 0) is 22.4 Å². The summed E-state index contributed by atoms with van der Waals surface area (Å²) in [5.41, 5.74) is 1.56. The number of hydrogen-bond acceptors (Lipinski definition) is 5. The van der Waals surface area contributed by atoms with E-state index in [0.29, 0.717) is 27.9 Å². The van der Waals surface area contributed by atoms with E-state index in [1.807, 2.05) is 6.92 Å². The van der Waals surface area contributed by atoms with Crippen LogP contribution < -0.4 is 10.1 Å². The Balaban J connectivity index is 1.73. The molecular formula is C21H24ClNO4S. The number of nitrogens with one attached hydrogen (secondary N) is 1. The van der Waals surface area contributed by atoms with Crippen LogP contribution in [-0.4, -0.2) is 25.1 Å². The molecule has 150 valence electrons. The second-order valence-electron chi connectivity index (χ2n) is 6.70. The third kappa shape index (κ3) is 5.26. The first-order chi connectivity index (χ1) is 13.6. The highest BCUT2D eigenvalue weighted by molar-refractivity contribution is 7.17. The summed E-state index contributed by atoms with van der Waals surface area (Å²) >= 11 is 7.33. The molecule has 1 aliphatic rings. The lowest BCUT2D eigenvalue weighted by molar-refractivity contribution is -0.118. The molecule has 1 aliphatic carbocycles. The normalized spacial score (nSPS) is 13.4. The first kappa shape index (κ1) is 20.7. The number of esters is 1. The second kappa shape index (κ2) is 9.94. The number of halogens is 1. The van der Waals surface area contributed by atoms with Gasteiger partial charge in [-0.3, -0.25) is 4.79 Å². The molecule has 28 heavy (non-hydrogen) atoms. The van der Waals surface area contributed by atoms with Gasteiger partial charge in [-0.2, -0.15) is 0 Å². The molecule has 1 aromatic carbocycles. The Labute approximate surface area is 174 Å². The molecular weight excluding hydrogens is 398 g/mol. The van der Waals surface area contributed by atoms with E-state index in [-0.39, 0.29) is 18.5 Å². The van der Waals surface area contributed by atoms with Gasteiger partial charge in [0.25, 0.3) is 5.91 Å². The molecule has 0 unspecified atom stereocenters. The molecule has 0 bridgehead atoms. The van der Waals surface area contributed by atoms with E-state index in [0.717, 1.165) is 44.1 Å².